The average Bonchev–Trinajstić information content (AvgIpc) is 2.31. The summed E-state index contributed by atoms with van der Waals surface area (Å²) in [6.45, 7) is 7.75. The average molecular weight is 263 g/mol. The van der Waals surface area contributed by atoms with E-state index in [9.17, 15) is 9.59 Å². The van der Waals surface area contributed by atoms with Gasteiger partial charge in [-0.1, -0.05) is 19.9 Å². The van der Waals surface area contributed by atoms with Crippen LogP contribution in [0.25, 0.3) is 0 Å². The van der Waals surface area contributed by atoms with Gasteiger partial charge < -0.3 is 10.4 Å². The Labute approximate surface area is 113 Å². The van der Waals surface area contributed by atoms with E-state index in [-0.39, 0.29) is 11.8 Å². The van der Waals surface area contributed by atoms with E-state index < -0.39 is 12.0 Å². The zero-order valence-corrected chi connectivity index (χ0v) is 11.9. The number of aryl methyl sites for hydroxylation is 2. The van der Waals surface area contributed by atoms with Crippen LogP contribution in [0.3, 0.4) is 0 Å². The standard InChI is InChI=1S/C15H21NO3/c1-9(2)7-13(15(18)19)16-14(17)12-6-5-10(3)11(4)8-12/h5-6,8-9,13H,7H2,1-4H3,(H,16,17)(H,18,19)/t13-/m0/s1. The molecule has 0 spiro atoms. The lowest BCUT2D eigenvalue weighted by Crippen LogP contribution is -2.41. The van der Waals surface area contributed by atoms with Gasteiger partial charge >= 0.3 is 5.97 Å². The summed E-state index contributed by atoms with van der Waals surface area (Å²) in [7, 11) is 0. The maximum atomic E-state index is 12.0. The van der Waals surface area contributed by atoms with Gasteiger partial charge in [0.15, 0.2) is 0 Å². The topological polar surface area (TPSA) is 66.4 Å². The van der Waals surface area contributed by atoms with Crippen LogP contribution in [0.5, 0.6) is 0 Å². The largest absolute Gasteiger partial charge is 0.480 e. The fraction of sp³-hybridized carbons (Fsp3) is 0.467. The van der Waals surface area contributed by atoms with Gasteiger partial charge in [0.05, 0.1) is 0 Å². The number of hydrogen-bond donors (Lipinski definition) is 2. The minimum Gasteiger partial charge on any atom is -0.480 e. The Bertz CT molecular complexity index is 480. The molecule has 0 fully saturated rings. The molecule has 4 heteroatoms. The number of carboxylic acid groups (broad SMARTS) is 1. The molecule has 1 atom stereocenters. The molecule has 0 aliphatic heterocycles. The first kappa shape index (κ1) is 15.2. The molecule has 0 bridgehead atoms. The van der Waals surface area contributed by atoms with E-state index in [1.54, 1.807) is 12.1 Å². The molecule has 0 aliphatic carbocycles. The zero-order chi connectivity index (χ0) is 14.6. The number of aliphatic carboxylic acids is 1. The molecule has 0 unspecified atom stereocenters. The van der Waals surface area contributed by atoms with Gasteiger partial charge in [-0.05, 0) is 49.4 Å². The number of benzene rings is 1. The Kier molecular flexibility index (Phi) is 5.10. The summed E-state index contributed by atoms with van der Waals surface area (Å²) < 4.78 is 0. The van der Waals surface area contributed by atoms with Crippen molar-refractivity contribution in [2.24, 2.45) is 5.92 Å². The summed E-state index contributed by atoms with van der Waals surface area (Å²) in [6, 6.07) is 4.52. The van der Waals surface area contributed by atoms with Crippen molar-refractivity contribution in [3.63, 3.8) is 0 Å². The predicted octanol–water partition coefficient (Wildman–Crippen LogP) is 2.53. The van der Waals surface area contributed by atoms with Gasteiger partial charge in [0.1, 0.15) is 6.04 Å². The number of nitrogens with one attached hydrogen (secondary N) is 1. The third-order valence-corrected chi connectivity index (χ3v) is 3.08. The van der Waals surface area contributed by atoms with E-state index in [0.717, 1.165) is 11.1 Å². The number of carbonyl (C=O) groups is 2. The van der Waals surface area contributed by atoms with E-state index in [1.807, 2.05) is 33.8 Å². The second-order valence-electron chi connectivity index (χ2n) is 5.29. The molecule has 1 aromatic carbocycles. The summed E-state index contributed by atoms with van der Waals surface area (Å²) in [4.78, 5) is 23.1. The predicted molar refractivity (Wildman–Crippen MR) is 74.3 cm³/mol. The summed E-state index contributed by atoms with van der Waals surface area (Å²) in [5.41, 5.74) is 2.62. The third-order valence-electron chi connectivity index (χ3n) is 3.08. The summed E-state index contributed by atoms with van der Waals surface area (Å²) >= 11 is 0. The second kappa shape index (κ2) is 6.36. The normalized spacial score (nSPS) is 12.3. The Morgan fingerprint density at radius 3 is 2.32 bits per heavy atom. The van der Waals surface area contributed by atoms with Crippen LogP contribution in [0, 0.1) is 19.8 Å². The van der Waals surface area contributed by atoms with Crippen molar-refractivity contribution in [1.82, 2.24) is 5.32 Å². The molecular weight excluding hydrogens is 242 g/mol. The van der Waals surface area contributed by atoms with Gasteiger partial charge in [-0.15, -0.1) is 0 Å². The van der Waals surface area contributed by atoms with Gasteiger partial charge in [0.2, 0.25) is 0 Å². The molecule has 0 heterocycles. The Morgan fingerprint density at radius 2 is 1.84 bits per heavy atom. The van der Waals surface area contributed by atoms with Crippen LogP contribution in [-0.4, -0.2) is 23.0 Å². The first-order chi connectivity index (χ1) is 8.81. The molecule has 0 aliphatic rings. The molecule has 0 radical (unpaired) electrons. The van der Waals surface area contributed by atoms with Gasteiger partial charge in [-0.2, -0.15) is 0 Å². The number of hydrogen-bond acceptors (Lipinski definition) is 2. The molecule has 1 rings (SSSR count). The van der Waals surface area contributed by atoms with Crippen LogP contribution in [-0.2, 0) is 4.79 Å². The fourth-order valence-electron chi connectivity index (χ4n) is 1.82. The van der Waals surface area contributed by atoms with E-state index in [1.165, 1.54) is 0 Å². The quantitative estimate of drug-likeness (QED) is 0.858. The highest BCUT2D eigenvalue weighted by atomic mass is 16.4. The maximum absolute atomic E-state index is 12.0. The Morgan fingerprint density at radius 1 is 1.21 bits per heavy atom. The van der Waals surface area contributed by atoms with Crippen molar-refractivity contribution in [1.29, 1.82) is 0 Å². The highest BCUT2D eigenvalue weighted by Gasteiger charge is 2.21. The first-order valence-corrected chi connectivity index (χ1v) is 6.42. The van der Waals surface area contributed by atoms with Gasteiger partial charge in [0.25, 0.3) is 5.91 Å². The van der Waals surface area contributed by atoms with Crippen LogP contribution < -0.4 is 5.32 Å². The fourth-order valence-corrected chi connectivity index (χ4v) is 1.82. The van der Waals surface area contributed by atoms with Crippen molar-refractivity contribution < 1.29 is 14.7 Å². The van der Waals surface area contributed by atoms with Crippen LogP contribution in [0.15, 0.2) is 18.2 Å². The molecule has 0 aromatic heterocycles. The second-order valence-corrected chi connectivity index (χ2v) is 5.29. The van der Waals surface area contributed by atoms with Crippen molar-refractivity contribution in [3.05, 3.63) is 34.9 Å². The van der Waals surface area contributed by atoms with E-state index in [4.69, 9.17) is 5.11 Å². The number of rotatable bonds is 5. The minimum atomic E-state index is -0.995. The van der Waals surface area contributed by atoms with Gasteiger partial charge in [-0.25, -0.2) is 4.79 Å². The molecular formula is C15H21NO3. The lowest BCUT2D eigenvalue weighted by atomic mass is 10.0. The third kappa shape index (κ3) is 4.39. The van der Waals surface area contributed by atoms with Crippen molar-refractivity contribution >= 4 is 11.9 Å². The van der Waals surface area contributed by atoms with Gasteiger partial charge in [0, 0.05) is 5.56 Å². The van der Waals surface area contributed by atoms with E-state index >= 15 is 0 Å². The minimum absolute atomic E-state index is 0.209. The highest BCUT2D eigenvalue weighted by Crippen LogP contribution is 2.11. The van der Waals surface area contributed by atoms with Crippen molar-refractivity contribution in [2.75, 3.05) is 0 Å². The highest BCUT2D eigenvalue weighted by molar-refractivity contribution is 5.96. The molecule has 0 saturated carbocycles. The molecule has 1 amide bonds. The van der Waals surface area contributed by atoms with E-state index in [0.29, 0.717) is 12.0 Å². The number of carbonyl (C=O) groups excluding carboxylic acids is 1. The zero-order valence-electron chi connectivity index (χ0n) is 11.9. The van der Waals surface area contributed by atoms with Crippen molar-refractivity contribution in [2.45, 2.75) is 40.2 Å². The molecule has 4 nitrogen and oxygen atoms in total. The molecule has 2 N–H and O–H groups in total. The summed E-state index contributed by atoms with van der Waals surface area (Å²) in [5.74, 6) is -1.12. The van der Waals surface area contributed by atoms with Crippen LogP contribution in [0.4, 0.5) is 0 Å². The smallest absolute Gasteiger partial charge is 0.326 e. The van der Waals surface area contributed by atoms with Crippen LogP contribution in [0.2, 0.25) is 0 Å². The number of amides is 1. The van der Waals surface area contributed by atoms with Crippen molar-refractivity contribution in [3.8, 4) is 0 Å². The van der Waals surface area contributed by atoms with Crippen LogP contribution in [0.1, 0.15) is 41.8 Å². The molecule has 0 saturated heterocycles. The maximum Gasteiger partial charge on any atom is 0.326 e. The molecule has 19 heavy (non-hydrogen) atoms. The van der Waals surface area contributed by atoms with E-state index in [2.05, 4.69) is 5.32 Å². The summed E-state index contributed by atoms with van der Waals surface area (Å²) in [6.07, 6.45) is 0.423. The SMILES string of the molecule is Cc1ccc(C(=O)N[C@@H](CC(C)C)C(=O)O)cc1C. The number of carboxylic acids is 1. The Hall–Kier alpha value is -1.84. The first-order valence-electron chi connectivity index (χ1n) is 6.42. The van der Waals surface area contributed by atoms with Crippen LogP contribution >= 0.6 is 0 Å². The monoisotopic (exact) mass is 263 g/mol. The Balaban J connectivity index is 2.81. The summed E-state index contributed by atoms with van der Waals surface area (Å²) in [5, 5.41) is 11.7. The molecule has 104 valence electrons. The lowest BCUT2D eigenvalue weighted by Gasteiger charge is -2.16. The molecule has 1 aromatic rings. The lowest BCUT2D eigenvalue weighted by molar-refractivity contribution is -0.139. The van der Waals surface area contributed by atoms with Gasteiger partial charge in [-0.3, -0.25) is 4.79 Å².